The summed E-state index contributed by atoms with van der Waals surface area (Å²) in [5, 5.41) is 7.49. The minimum Gasteiger partial charge on any atom is -0.310 e. The average molecular weight is 409 g/mol. The standard InChI is InChI=1S/C21H20N4OS2/c1-14-7-9-17(10-8-14)25-19(11-15(2)24-25)23-20(26)13-28-21-22-18-6-4-3-5-16(18)12-27-21/h3-11H,12-13H2,1-2H3,(H,23,26). The first kappa shape index (κ1) is 18.8. The van der Waals surface area contributed by atoms with Gasteiger partial charge in [0.2, 0.25) is 5.91 Å². The van der Waals surface area contributed by atoms with Gasteiger partial charge in [-0.2, -0.15) is 5.10 Å². The van der Waals surface area contributed by atoms with Crippen molar-refractivity contribution in [3.63, 3.8) is 0 Å². The summed E-state index contributed by atoms with van der Waals surface area (Å²) in [7, 11) is 0. The summed E-state index contributed by atoms with van der Waals surface area (Å²) in [6.45, 7) is 3.96. The van der Waals surface area contributed by atoms with Crippen molar-refractivity contribution in [2.24, 2.45) is 4.99 Å². The number of hydrogen-bond donors (Lipinski definition) is 1. The van der Waals surface area contributed by atoms with Gasteiger partial charge in [0.05, 0.1) is 22.8 Å². The number of rotatable bonds is 4. The summed E-state index contributed by atoms with van der Waals surface area (Å²) in [5.74, 6) is 1.81. The van der Waals surface area contributed by atoms with E-state index < -0.39 is 0 Å². The molecule has 5 nitrogen and oxygen atoms in total. The van der Waals surface area contributed by atoms with Gasteiger partial charge in [-0.3, -0.25) is 4.79 Å². The molecule has 2 heterocycles. The molecule has 0 spiro atoms. The highest BCUT2D eigenvalue weighted by molar-refractivity contribution is 8.38. The summed E-state index contributed by atoms with van der Waals surface area (Å²) in [4.78, 5) is 17.2. The fourth-order valence-electron chi connectivity index (χ4n) is 2.86. The number of aryl methyl sites for hydroxylation is 2. The van der Waals surface area contributed by atoms with Crippen molar-refractivity contribution >= 4 is 45.3 Å². The van der Waals surface area contributed by atoms with E-state index in [2.05, 4.69) is 21.5 Å². The van der Waals surface area contributed by atoms with E-state index in [1.165, 1.54) is 22.9 Å². The van der Waals surface area contributed by atoms with Gasteiger partial charge in [-0.25, -0.2) is 9.67 Å². The van der Waals surface area contributed by atoms with Crippen molar-refractivity contribution in [2.75, 3.05) is 11.1 Å². The summed E-state index contributed by atoms with van der Waals surface area (Å²) in [6.07, 6.45) is 0. The normalized spacial score (nSPS) is 13.0. The Morgan fingerprint density at radius 3 is 2.79 bits per heavy atom. The summed E-state index contributed by atoms with van der Waals surface area (Å²) < 4.78 is 2.69. The lowest BCUT2D eigenvalue weighted by Crippen LogP contribution is -2.17. The van der Waals surface area contributed by atoms with E-state index in [1.54, 1.807) is 16.4 Å². The van der Waals surface area contributed by atoms with Gasteiger partial charge in [0.1, 0.15) is 10.2 Å². The molecule has 142 valence electrons. The largest absolute Gasteiger partial charge is 0.310 e. The number of aliphatic imine (C=N–C) groups is 1. The van der Waals surface area contributed by atoms with Crippen LogP contribution in [0.5, 0.6) is 0 Å². The Morgan fingerprint density at radius 1 is 1.18 bits per heavy atom. The molecule has 0 saturated carbocycles. The Labute approximate surface area is 172 Å². The minimum absolute atomic E-state index is 0.0691. The zero-order chi connectivity index (χ0) is 19.5. The van der Waals surface area contributed by atoms with Crippen LogP contribution in [0.3, 0.4) is 0 Å². The van der Waals surface area contributed by atoms with Crippen molar-refractivity contribution in [3.05, 3.63) is 71.4 Å². The van der Waals surface area contributed by atoms with Gasteiger partial charge < -0.3 is 5.32 Å². The SMILES string of the molecule is Cc1ccc(-n2nc(C)cc2NC(=O)CSC2=Nc3ccccc3CS2)cc1. The van der Waals surface area contributed by atoms with Gasteiger partial charge in [-0.1, -0.05) is 59.4 Å². The second kappa shape index (κ2) is 8.24. The van der Waals surface area contributed by atoms with Gasteiger partial charge >= 0.3 is 0 Å². The molecular weight excluding hydrogens is 388 g/mol. The molecule has 1 N–H and O–H groups in total. The first-order chi connectivity index (χ1) is 13.6. The lowest BCUT2D eigenvalue weighted by Gasteiger charge is -2.14. The van der Waals surface area contributed by atoms with Gasteiger partial charge in [0, 0.05) is 11.8 Å². The van der Waals surface area contributed by atoms with Crippen LogP contribution in [0.15, 0.2) is 59.6 Å². The van der Waals surface area contributed by atoms with Crippen LogP contribution in [0.4, 0.5) is 11.5 Å². The zero-order valence-corrected chi connectivity index (χ0v) is 17.3. The van der Waals surface area contributed by atoms with Crippen LogP contribution in [0.25, 0.3) is 5.69 Å². The monoisotopic (exact) mass is 408 g/mol. The Hall–Kier alpha value is -2.51. The Morgan fingerprint density at radius 2 is 1.96 bits per heavy atom. The third-order valence-electron chi connectivity index (χ3n) is 4.26. The molecule has 1 aliphatic heterocycles. The average Bonchev–Trinajstić information content (AvgIpc) is 3.06. The maximum atomic E-state index is 12.5. The number of fused-ring (bicyclic) bond motifs is 1. The lowest BCUT2D eigenvalue weighted by atomic mass is 10.2. The second-order valence-corrected chi connectivity index (χ2v) is 8.74. The Balaban J connectivity index is 1.42. The molecule has 0 atom stereocenters. The summed E-state index contributed by atoms with van der Waals surface area (Å²) >= 11 is 3.15. The second-order valence-electron chi connectivity index (χ2n) is 6.55. The molecule has 2 aromatic carbocycles. The molecule has 0 unspecified atom stereocenters. The number of carbonyl (C=O) groups excluding carboxylic acids is 1. The number of para-hydroxylation sites is 1. The molecule has 28 heavy (non-hydrogen) atoms. The van der Waals surface area contributed by atoms with Crippen molar-refractivity contribution in [2.45, 2.75) is 19.6 Å². The fraction of sp³-hybridized carbons (Fsp3) is 0.190. The minimum atomic E-state index is -0.0691. The molecule has 0 aliphatic carbocycles. The van der Waals surface area contributed by atoms with Crippen molar-refractivity contribution in [1.29, 1.82) is 0 Å². The van der Waals surface area contributed by atoms with Crippen LogP contribution in [0.2, 0.25) is 0 Å². The Bertz CT molecular complexity index is 1040. The van der Waals surface area contributed by atoms with Gasteiger partial charge in [0.25, 0.3) is 0 Å². The van der Waals surface area contributed by atoms with Crippen LogP contribution >= 0.6 is 23.5 Å². The summed E-state index contributed by atoms with van der Waals surface area (Å²) in [6, 6.07) is 18.1. The molecule has 1 amide bonds. The molecule has 3 aromatic rings. The number of aromatic nitrogens is 2. The molecule has 0 bridgehead atoms. The predicted molar refractivity (Wildman–Crippen MR) is 119 cm³/mol. The summed E-state index contributed by atoms with van der Waals surface area (Å²) in [5.41, 5.74) is 5.19. The number of hydrogen-bond acceptors (Lipinski definition) is 5. The predicted octanol–water partition coefficient (Wildman–Crippen LogP) is 5.10. The first-order valence-electron chi connectivity index (χ1n) is 8.94. The fourth-order valence-corrected chi connectivity index (χ4v) is 4.73. The quantitative estimate of drug-likeness (QED) is 0.653. The third-order valence-corrected chi connectivity index (χ3v) is 6.50. The van der Waals surface area contributed by atoms with Crippen molar-refractivity contribution in [1.82, 2.24) is 9.78 Å². The molecule has 1 aliphatic rings. The van der Waals surface area contributed by atoms with Gasteiger partial charge in [-0.05, 0) is 37.6 Å². The number of carbonyl (C=O) groups is 1. The number of amides is 1. The van der Waals surface area contributed by atoms with Crippen molar-refractivity contribution in [3.8, 4) is 5.69 Å². The topological polar surface area (TPSA) is 59.3 Å². The Kier molecular flexibility index (Phi) is 5.54. The van der Waals surface area contributed by atoms with Crippen LogP contribution in [-0.2, 0) is 10.5 Å². The molecule has 7 heteroatoms. The number of nitrogens with zero attached hydrogens (tertiary/aromatic N) is 3. The third kappa shape index (κ3) is 4.31. The molecule has 0 radical (unpaired) electrons. The van der Waals surface area contributed by atoms with Gasteiger partial charge in [0.15, 0.2) is 0 Å². The molecular formula is C21H20N4OS2. The van der Waals surface area contributed by atoms with Crippen LogP contribution in [0, 0.1) is 13.8 Å². The molecule has 4 rings (SSSR count). The van der Waals surface area contributed by atoms with E-state index in [1.807, 2.05) is 62.4 Å². The van der Waals surface area contributed by atoms with E-state index in [0.29, 0.717) is 11.6 Å². The number of thioether (sulfide) groups is 2. The van der Waals surface area contributed by atoms with E-state index in [-0.39, 0.29) is 5.91 Å². The van der Waals surface area contributed by atoms with Crippen LogP contribution < -0.4 is 5.32 Å². The maximum Gasteiger partial charge on any atom is 0.235 e. The van der Waals surface area contributed by atoms with Gasteiger partial charge in [-0.15, -0.1) is 0 Å². The molecule has 1 aromatic heterocycles. The van der Waals surface area contributed by atoms with E-state index >= 15 is 0 Å². The highest BCUT2D eigenvalue weighted by atomic mass is 32.2. The van der Waals surface area contributed by atoms with Crippen LogP contribution in [-0.4, -0.2) is 25.8 Å². The number of anilines is 1. The molecule has 0 fully saturated rings. The zero-order valence-electron chi connectivity index (χ0n) is 15.7. The number of benzene rings is 2. The maximum absolute atomic E-state index is 12.5. The molecule has 0 saturated heterocycles. The van der Waals surface area contributed by atoms with Crippen LogP contribution in [0.1, 0.15) is 16.8 Å². The highest BCUT2D eigenvalue weighted by Gasteiger charge is 2.15. The number of nitrogens with one attached hydrogen (secondary N) is 1. The van der Waals surface area contributed by atoms with E-state index in [9.17, 15) is 4.79 Å². The van der Waals surface area contributed by atoms with E-state index in [0.717, 1.165) is 27.2 Å². The highest BCUT2D eigenvalue weighted by Crippen LogP contribution is 2.34. The van der Waals surface area contributed by atoms with E-state index in [4.69, 9.17) is 0 Å². The smallest absolute Gasteiger partial charge is 0.235 e. The first-order valence-corrected chi connectivity index (χ1v) is 10.9. The lowest BCUT2D eigenvalue weighted by molar-refractivity contribution is -0.113. The van der Waals surface area contributed by atoms with Crippen molar-refractivity contribution < 1.29 is 4.79 Å².